The van der Waals surface area contributed by atoms with Gasteiger partial charge in [-0.2, -0.15) is 0 Å². The van der Waals surface area contributed by atoms with Crippen molar-refractivity contribution in [1.29, 1.82) is 0 Å². The molecule has 0 aromatic heterocycles. The van der Waals surface area contributed by atoms with E-state index in [2.05, 4.69) is 41.5 Å². The topological polar surface area (TPSA) is 0 Å². The van der Waals surface area contributed by atoms with Crippen LogP contribution in [0.15, 0.2) is 0 Å². The normalized spacial score (nSPS) is 20.2. The van der Waals surface area contributed by atoms with Gasteiger partial charge in [-0.25, -0.2) is 0 Å². The first-order valence-electron chi connectivity index (χ1n) is 40.7. The Balaban J connectivity index is 0.0000344. The van der Waals surface area contributed by atoms with E-state index in [1.165, 1.54) is 385 Å². The zero-order chi connectivity index (χ0) is 58.7. The third-order valence-electron chi connectivity index (χ3n) is 22.6. The van der Waals surface area contributed by atoms with E-state index < -0.39 is 0 Å². The summed E-state index contributed by atoms with van der Waals surface area (Å²) in [5.74, 6) is 8.63. The standard InChI is InChI=1S/C82H162.2H4Si/c1-7-13-19-25-43-51-59-67-75-77(69-61-53-45-27-21-15-9-3)81(78(75)70-62-54-46-28-22-16-10-4)73-65-57-49-41-39-37-35-33-31-32-34-36-38-40-42-50-58-66-74-82-79(71-63-55-47-29-23-17-11-5)76(68-60-52-44-26-20-14-8-2)80(82)72-64-56-48-30-24-18-12-6;;/h75-82H,7-74H2,1-6H3;2*1H4. The summed E-state index contributed by atoms with van der Waals surface area (Å²) in [6, 6.07) is 0. The van der Waals surface area contributed by atoms with Gasteiger partial charge in [-0.1, -0.05) is 427 Å². The number of hydrogen-bond donors (Lipinski definition) is 0. The predicted octanol–water partition coefficient (Wildman–Crippen LogP) is 27.7. The number of hydrogen-bond acceptors (Lipinski definition) is 0. The summed E-state index contributed by atoms with van der Waals surface area (Å²) in [6.45, 7) is 14.2. The van der Waals surface area contributed by atoms with E-state index in [4.69, 9.17) is 0 Å². The van der Waals surface area contributed by atoms with Crippen LogP contribution in [0, 0.1) is 47.3 Å². The van der Waals surface area contributed by atoms with Crippen molar-refractivity contribution in [2.24, 2.45) is 47.3 Å². The molecular formula is C82H170Si2. The fourth-order valence-electron chi connectivity index (χ4n) is 17.3. The van der Waals surface area contributed by atoms with Crippen molar-refractivity contribution < 1.29 is 0 Å². The van der Waals surface area contributed by atoms with Crippen LogP contribution in [-0.2, 0) is 0 Å². The molecule has 0 N–H and O–H groups in total. The van der Waals surface area contributed by atoms with Crippen molar-refractivity contribution in [3.63, 3.8) is 0 Å². The summed E-state index contributed by atoms with van der Waals surface area (Å²) >= 11 is 0. The van der Waals surface area contributed by atoms with E-state index in [1.54, 1.807) is 51.4 Å². The fraction of sp³-hybridized carbons (Fsp3) is 1.00. The van der Waals surface area contributed by atoms with Crippen molar-refractivity contribution in [3.05, 3.63) is 0 Å². The van der Waals surface area contributed by atoms with Crippen LogP contribution in [0.4, 0.5) is 0 Å². The third kappa shape index (κ3) is 45.6. The second kappa shape index (κ2) is 66.4. The average Bonchev–Trinajstić information content (AvgIpc) is 3.13. The molecule has 0 aromatic rings. The highest BCUT2D eigenvalue weighted by Gasteiger charge is 2.48. The van der Waals surface area contributed by atoms with Crippen LogP contribution in [0.5, 0.6) is 0 Å². The summed E-state index contributed by atoms with van der Waals surface area (Å²) in [4.78, 5) is 0. The first-order chi connectivity index (χ1) is 40.7. The molecule has 506 valence electrons. The third-order valence-corrected chi connectivity index (χ3v) is 22.6. The minimum absolute atomic E-state index is 0. The van der Waals surface area contributed by atoms with Gasteiger partial charge in [0.15, 0.2) is 0 Å². The second-order valence-electron chi connectivity index (χ2n) is 29.7. The zero-order valence-electron chi connectivity index (χ0n) is 58.7. The van der Waals surface area contributed by atoms with Gasteiger partial charge < -0.3 is 0 Å². The van der Waals surface area contributed by atoms with Crippen LogP contribution < -0.4 is 0 Å². The molecule has 84 heavy (non-hydrogen) atoms. The molecule has 0 radical (unpaired) electrons. The maximum Gasteiger partial charge on any atom is -0.0149 e. The van der Waals surface area contributed by atoms with E-state index in [9.17, 15) is 0 Å². The van der Waals surface area contributed by atoms with Gasteiger partial charge in [0.2, 0.25) is 0 Å². The summed E-state index contributed by atoms with van der Waals surface area (Å²) < 4.78 is 0. The Kier molecular flexibility index (Phi) is 66.7. The molecule has 0 aromatic carbocycles. The maximum atomic E-state index is 2.36. The van der Waals surface area contributed by atoms with Gasteiger partial charge in [0.05, 0.1) is 0 Å². The number of unbranched alkanes of at least 4 members (excludes halogenated alkanes) is 53. The highest BCUT2D eigenvalue weighted by molar-refractivity contribution is 5.76. The van der Waals surface area contributed by atoms with E-state index in [1.807, 2.05) is 0 Å². The van der Waals surface area contributed by atoms with Gasteiger partial charge >= 0.3 is 0 Å². The Morgan fingerprint density at radius 2 is 0.179 bits per heavy atom. The molecule has 2 aliphatic rings. The largest absolute Gasteiger partial charge is 0.0654 e. The van der Waals surface area contributed by atoms with E-state index in [-0.39, 0.29) is 21.9 Å². The molecule has 2 rings (SSSR count). The van der Waals surface area contributed by atoms with Crippen molar-refractivity contribution in [2.75, 3.05) is 0 Å². The Bertz CT molecular complexity index is 1070. The summed E-state index contributed by atoms with van der Waals surface area (Å²) in [5, 5.41) is 0. The van der Waals surface area contributed by atoms with Gasteiger partial charge in [0.25, 0.3) is 0 Å². The van der Waals surface area contributed by atoms with Gasteiger partial charge in [-0.05, 0) is 121 Å². The van der Waals surface area contributed by atoms with Crippen molar-refractivity contribution in [2.45, 2.75) is 478 Å². The molecule has 0 heterocycles. The smallest absolute Gasteiger partial charge is 0.0149 e. The van der Waals surface area contributed by atoms with Gasteiger partial charge in [-0.3, -0.25) is 0 Å². The van der Waals surface area contributed by atoms with E-state index >= 15 is 0 Å². The molecule has 4 unspecified atom stereocenters. The first-order valence-corrected chi connectivity index (χ1v) is 40.7. The van der Waals surface area contributed by atoms with Crippen LogP contribution in [0.2, 0.25) is 0 Å². The van der Waals surface area contributed by atoms with Crippen molar-refractivity contribution >= 4 is 21.9 Å². The molecule has 2 aliphatic carbocycles. The molecule has 2 fully saturated rings. The molecule has 2 heteroatoms. The molecule has 4 atom stereocenters. The van der Waals surface area contributed by atoms with E-state index in [0.29, 0.717) is 0 Å². The van der Waals surface area contributed by atoms with Gasteiger partial charge in [-0.15, -0.1) is 0 Å². The maximum absolute atomic E-state index is 2.36. The predicted molar refractivity (Wildman–Crippen MR) is 399 cm³/mol. The summed E-state index contributed by atoms with van der Waals surface area (Å²) in [7, 11) is 0. The van der Waals surface area contributed by atoms with Crippen LogP contribution in [0.3, 0.4) is 0 Å². The SMILES string of the molecule is CCCCCCCCCC1C(CCCCCCCCC)C(CCCCCCCCCCCCCCCCCCCCC2C(CCCCCCCCC)C(CCCCCCCCC)C2CCCCCCCCC)C1CCCCCCCCC.[SiH4].[SiH4]. The van der Waals surface area contributed by atoms with E-state index in [0.717, 1.165) is 47.3 Å². The lowest BCUT2D eigenvalue weighted by Crippen LogP contribution is -2.46. The lowest BCUT2D eigenvalue weighted by Gasteiger charge is -2.54. The Morgan fingerprint density at radius 1 is 0.107 bits per heavy atom. The molecule has 0 nitrogen and oxygen atoms in total. The lowest BCUT2D eigenvalue weighted by molar-refractivity contribution is -0.0486. The monoisotopic (exact) mass is 1210 g/mol. The van der Waals surface area contributed by atoms with Crippen molar-refractivity contribution in [1.82, 2.24) is 0 Å². The molecule has 0 bridgehead atoms. The minimum Gasteiger partial charge on any atom is -0.0654 e. The molecule has 0 spiro atoms. The average molecular weight is 1210 g/mol. The summed E-state index contributed by atoms with van der Waals surface area (Å²) in [5.41, 5.74) is 0. The molecular weight excluding hydrogens is 1040 g/mol. The van der Waals surface area contributed by atoms with Crippen molar-refractivity contribution in [3.8, 4) is 0 Å². The molecule has 0 saturated heterocycles. The van der Waals surface area contributed by atoms with Crippen LogP contribution in [0.1, 0.15) is 478 Å². The molecule has 0 aliphatic heterocycles. The molecule has 0 amide bonds. The lowest BCUT2D eigenvalue weighted by atomic mass is 9.51. The fourth-order valence-corrected chi connectivity index (χ4v) is 17.3. The quantitative estimate of drug-likeness (QED) is 0.0421. The second-order valence-corrected chi connectivity index (χ2v) is 29.7. The van der Waals surface area contributed by atoms with Crippen LogP contribution in [0.25, 0.3) is 0 Å². The highest BCUT2D eigenvalue weighted by Crippen LogP contribution is 2.56. The number of rotatable bonds is 69. The van der Waals surface area contributed by atoms with Gasteiger partial charge in [0.1, 0.15) is 0 Å². The zero-order valence-corrected chi connectivity index (χ0v) is 58.7. The Hall–Kier alpha value is 0.434. The first kappa shape index (κ1) is 84.4. The van der Waals surface area contributed by atoms with Gasteiger partial charge in [0, 0.05) is 0 Å². The minimum atomic E-state index is 0. The summed E-state index contributed by atoms with van der Waals surface area (Å²) in [6.07, 6.45) is 102. The van der Waals surface area contributed by atoms with Crippen LogP contribution >= 0.6 is 0 Å². The Labute approximate surface area is 544 Å². The highest BCUT2D eigenvalue weighted by atomic mass is 28.1. The molecule has 2 saturated carbocycles. The Morgan fingerprint density at radius 3 is 0.262 bits per heavy atom. The van der Waals surface area contributed by atoms with Crippen LogP contribution in [-0.4, -0.2) is 21.9 Å².